The van der Waals surface area contributed by atoms with E-state index in [2.05, 4.69) is 5.32 Å². The van der Waals surface area contributed by atoms with Crippen LogP contribution in [-0.4, -0.2) is 7.11 Å². The topological polar surface area (TPSA) is 45.0 Å². The monoisotopic (exact) mass is 290 g/mol. The number of nitrogens with zero attached hydrogens (tertiary/aromatic N) is 1. The molecule has 0 aliphatic carbocycles. The van der Waals surface area contributed by atoms with Crippen molar-refractivity contribution in [2.45, 2.75) is 6.54 Å². The molecule has 2 aromatic rings. The van der Waals surface area contributed by atoms with E-state index in [9.17, 15) is 4.39 Å². The maximum absolute atomic E-state index is 13.9. The summed E-state index contributed by atoms with van der Waals surface area (Å²) in [6.45, 7) is 0.230. The van der Waals surface area contributed by atoms with Gasteiger partial charge < -0.3 is 10.1 Å². The van der Waals surface area contributed by atoms with Crippen molar-refractivity contribution in [2.75, 3.05) is 12.4 Å². The van der Waals surface area contributed by atoms with E-state index in [0.717, 1.165) is 0 Å². The standard InChI is InChI=1S/C15H12ClFN2O/c1-20-12-5-6-13(16)14(7-12)19-9-11-4-2-3-10(8-18)15(11)17/h2-7,19H,9H2,1H3. The Morgan fingerprint density at radius 1 is 1.35 bits per heavy atom. The van der Waals surface area contributed by atoms with Gasteiger partial charge in [0.1, 0.15) is 17.6 Å². The molecule has 2 aromatic carbocycles. The molecule has 0 bridgehead atoms. The molecule has 0 spiro atoms. The number of nitrogens with one attached hydrogen (secondary N) is 1. The van der Waals surface area contributed by atoms with E-state index < -0.39 is 5.82 Å². The number of ether oxygens (including phenoxy) is 1. The van der Waals surface area contributed by atoms with Gasteiger partial charge in [-0.2, -0.15) is 5.26 Å². The molecule has 0 saturated carbocycles. The van der Waals surface area contributed by atoms with E-state index in [1.165, 1.54) is 6.07 Å². The summed E-state index contributed by atoms with van der Waals surface area (Å²) in [5.74, 6) is 0.143. The van der Waals surface area contributed by atoms with Crippen LogP contribution in [0.4, 0.5) is 10.1 Å². The Balaban J connectivity index is 2.19. The molecule has 5 heteroatoms. The number of hydrogen-bond acceptors (Lipinski definition) is 3. The molecule has 0 saturated heterocycles. The maximum Gasteiger partial charge on any atom is 0.145 e. The van der Waals surface area contributed by atoms with Crippen molar-refractivity contribution in [1.82, 2.24) is 0 Å². The number of benzene rings is 2. The molecule has 0 atom stereocenters. The molecule has 20 heavy (non-hydrogen) atoms. The summed E-state index contributed by atoms with van der Waals surface area (Å²) in [5.41, 5.74) is 1.08. The number of hydrogen-bond donors (Lipinski definition) is 1. The maximum atomic E-state index is 13.9. The van der Waals surface area contributed by atoms with Crippen molar-refractivity contribution in [3.05, 3.63) is 58.4 Å². The fourth-order valence-electron chi connectivity index (χ4n) is 1.76. The van der Waals surface area contributed by atoms with Crippen LogP contribution < -0.4 is 10.1 Å². The Bertz CT molecular complexity index is 667. The molecule has 3 nitrogen and oxygen atoms in total. The number of methoxy groups -OCH3 is 1. The molecule has 0 aliphatic rings. The molecular weight excluding hydrogens is 279 g/mol. The second kappa shape index (κ2) is 6.27. The molecule has 0 aliphatic heterocycles. The highest BCUT2D eigenvalue weighted by Crippen LogP contribution is 2.27. The first-order chi connectivity index (χ1) is 9.65. The lowest BCUT2D eigenvalue weighted by Gasteiger charge is -2.11. The lowest BCUT2D eigenvalue weighted by molar-refractivity contribution is 0.415. The zero-order valence-electron chi connectivity index (χ0n) is 10.8. The lowest BCUT2D eigenvalue weighted by Crippen LogP contribution is -2.03. The first-order valence-corrected chi connectivity index (χ1v) is 6.28. The number of nitriles is 1. The van der Waals surface area contributed by atoms with Gasteiger partial charge in [-0.15, -0.1) is 0 Å². The van der Waals surface area contributed by atoms with E-state index in [0.29, 0.717) is 22.0 Å². The predicted octanol–water partition coefficient (Wildman–Crippen LogP) is 3.97. The molecule has 1 N–H and O–H groups in total. The highest BCUT2D eigenvalue weighted by molar-refractivity contribution is 6.33. The summed E-state index contributed by atoms with van der Waals surface area (Å²) >= 11 is 6.05. The average molecular weight is 291 g/mol. The highest BCUT2D eigenvalue weighted by Gasteiger charge is 2.08. The number of anilines is 1. The van der Waals surface area contributed by atoms with E-state index in [4.69, 9.17) is 21.6 Å². The SMILES string of the molecule is COc1ccc(Cl)c(NCc2cccc(C#N)c2F)c1. The summed E-state index contributed by atoms with van der Waals surface area (Å²) in [5, 5.41) is 12.3. The summed E-state index contributed by atoms with van der Waals surface area (Å²) in [6, 6.07) is 11.7. The third kappa shape index (κ3) is 3.01. The Morgan fingerprint density at radius 3 is 2.85 bits per heavy atom. The van der Waals surface area contributed by atoms with Gasteiger partial charge in [0.2, 0.25) is 0 Å². The minimum Gasteiger partial charge on any atom is -0.497 e. The first kappa shape index (κ1) is 14.2. The van der Waals surface area contributed by atoms with E-state index in [-0.39, 0.29) is 12.1 Å². The van der Waals surface area contributed by atoms with Crippen LogP contribution in [-0.2, 0) is 6.54 Å². The van der Waals surface area contributed by atoms with Gasteiger partial charge in [0.25, 0.3) is 0 Å². The average Bonchev–Trinajstić information content (AvgIpc) is 2.47. The third-order valence-electron chi connectivity index (χ3n) is 2.84. The Labute approximate surface area is 121 Å². The lowest BCUT2D eigenvalue weighted by atomic mass is 10.1. The summed E-state index contributed by atoms with van der Waals surface area (Å²) < 4.78 is 19.0. The smallest absolute Gasteiger partial charge is 0.145 e. The minimum absolute atomic E-state index is 0.0287. The second-order valence-corrected chi connectivity index (χ2v) is 4.50. The predicted molar refractivity (Wildman–Crippen MR) is 76.4 cm³/mol. The zero-order valence-corrected chi connectivity index (χ0v) is 11.5. The summed E-state index contributed by atoms with van der Waals surface area (Å²) in [7, 11) is 1.56. The molecule has 0 fully saturated rings. The van der Waals surface area contributed by atoms with Crippen molar-refractivity contribution >= 4 is 17.3 Å². The van der Waals surface area contributed by atoms with Crippen LogP contribution in [0.1, 0.15) is 11.1 Å². The molecule has 0 aromatic heterocycles. The zero-order chi connectivity index (χ0) is 14.5. The summed E-state index contributed by atoms with van der Waals surface area (Å²) in [4.78, 5) is 0. The van der Waals surface area contributed by atoms with Crippen LogP contribution in [0, 0.1) is 17.1 Å². The fourth-order valence-corrected chi connectivity index (χ4v) is 1.94. The van der Waals surface area contributed by atoms with Crippen molar-refractivity contribution in [3.63, 3.8) is 0 Å². The third-order valence-corrected chi connectivity index (χ3v) is 3.17. The minimum atomic E-state index is -0.512. The number of halogens is 2. The van der Waals surface area contributed by atoms with Gasteiger partial charge in [-0.3, -0.25) is 0 Å². The molecule has 102 valence electrons. The molecule has 0 heterocycles. The van der Waals surface area contributed by atoms with Crippen LogP contribution >= 0.6 is 11.6 Å². The van der Waals surface area contributed by atoms with E-state index >= 15 is 0 Å². The van der Waals surface area contributed by atoms with Gasteiger partial charge in [0.05, 0.1) is 23.4 Å². The van der Waals surface area contributed by atoms with Gasteiger partial charge in [0.15, 0.2) is 0 Å². The van der Waals surface area contributed by atoms with Crippen LogP contribution in [0.2, 0.25) is 5.02 Å². The largest absolute Gasteiger partial charge is 0.497 e. The van der Waals surface area contributed by atoms with Crippen molar-refractivity contribution in [3.8, 4) is 11.8 Å². The number of rotatable bonds is 4. The van der Waals surface area contributed by atoms with Crippen molar-refractivity contribution in [1.29, 1.82) is 5.26 Å². The Morgan fingerprint density at radius 2 is 2.15 bits per heavy atom. The van der Waals surface area contributed by atoms with Gasteiger partial charge in [-0.05, 0) is 18.2 Å². The van der Waals surface area contributed by atoms with Crippen molar-refractivity contribution in [2.24, 2.45) is 0 Å². The highest BCUT2D eigenvalue weighted by atomic mass is 35.5. The summed E-state index contributed by atoms with van der Waals surface area (Å²) in [6.07, 6.45) is 0. The van der Waals surface area contributed by atoms with Crippen LogP contribution in [0.25, 0.3) is 0 Å². The Kier molecular flexibility index (Phi) is 4.44. The molecule has 0 unspecified atom stereocenters. The second-order valence-electron chi connectivity index (χ2n) is 4.09. The van der Waals surface area contributed by atoms with Crippen LogP contribution in [0.5, 0.6) is 5.75 Å². The quantitative estimate of drug-likeness (QED) is 0.926. The van der Waals surface area contributed by atoms with E-state index in [1.54, 1.807) is 37.4 Å². The van der Waals surface area contributed by atoms with Crippen LogP contribution in [0.15, 0.2) is 36.4 Å². The van der Waals surface area contributed by atoms with Gasteiger partial charge in [-0.25, -0.2) is 4.39 Å². The van der Waals surface area contributed by atoms with Gasteiger partial charge >= 0.3 is 0 Å². The van der Waals surface area contributed by atoms with Gasteiger partial charge in [-0.1, -0.05) is 23.7 Å². The fraction of sp³-hybridized carbons (Fsp3) is 0.133. The first-order valence-electron chi connectivity index (χ1n) is 5.90. The van der Waals surface area contributed by atoms with Gasteiger partial charge in [0, 0.05) is 18.2 Å². The molecule has 2 rings (SSSR count). The van der Waals surface area contributed by atoms with Crippen molar-refractivity contribution < 1.29 is 9.13 Å². The molecular formula is C15H12ClFN2O. The van der Waals surface area contributed by atoms with Crippen LogP contribution in [0.3, 0.4) is 0 Å². The normalized spacial score (nSPS) is 9.90. The molecule has 0 radical (unpaired) electrons. The van der Waals surface area contributed by atoms with E-state index in [1.807, 2.05) is 6.07 Å². The molecule has 0 amide bonds. The Hall–Kier alpha value is -2.25.